The third kappa shape index (κ3) is 2.28. The van der Waals surface area contributed by atoms with Crippen molar-refractivity contribution in [1.29, 1.82) is 0 Å². The molecule has 0 aliphatic carbocycles. The van der Waals surface area contributed by atoms with Crippen LogP contribution in [-0.4, -0.2) is 18.6 Å². The summed E-state index contributed by atoms with van der Waals surface area (Å²) in [5, 5.41) is 2.37. The average molecular weight is 218 g/mol. The van der Waals surface area contributed by atoms with E-state index in [1.54, 1.807) is 0 Å². The van der Waals surface area contributed by atoms with Gasteiger partial charge >= 0.3 is 0 Å². The Kier molecular flexibility index (Phi) is 3.97. The van der Waals surface area contributed by atoms with E-state index in [4.69, 9.17) is 0 Å². The standard InChI is InChI=1S/C14H22N2/c1-3-7-12-8-4-5-9-13(12)14-10-6-11-16(14)15-2/h4-5,8-9,14-15H,3,6-7,10-11H2,1-2H3. The summed E-state index contributed by atoms with van der Waals surface area (Å²) >= 11 is 0. The average Bonchev–Trinajstić information content (AvgIpc) is 2.78. The third-order valence-corrected chi connectivity index (χ3v) is 3.47. The van der Waals surface area contributed by atoms with E-state index in [0.717, 1.165) is 0 Å². The van der Waals surface area contributed by atoms with Crippen LogP contribution in [0.3, 0.4) is 0 Å². The minimum Gasteiger partial charge on any atom is -0.258 e. The molecule has 1 N–H and O–H groups in total. The number of hydrogen-bond acceptors (Lipinski definition) is 2. The summed E-state index contributed by atoms with van der Waals surface area (Å²) in [7, 11) is 2.03. The highest BCUT2D eigenvalue weighted by Crippen LogP contribution is 2.32. The van der Waals surface area contributed by atoms with Crippen molar-refractivity contribution in [2.75, 3.05) is 13.6 Å². The zero-order chi connectivity index (χ0) is 11.4. The van der Waals surface area contributed by atoms with Crippen LogP contribution in [0.4, 0.5) is 0 Å². The van der Waals surface area contributed by atoms with Gasteiger partial charge in [-0.25, -0.2) is 5.01 Å². The molecule has 2 heteroatoms. The summed E-state index contributed by atoms with van der Waals surface area (Å²) in [6.07, 6.45) is 5.00. The highest BCUT2D eigenvalue weighted by Gasteiger charge is 2.26. The third-order valence-electron chi connectivity index (χ3n) is 3.47. The topological polar surface area (TPSA) is 15.3 Å². The molecule has 2 rings (SSSR count). The van der Waals surface area contributed by atoms with E-state index in [-0.39, 0.29) is 0 Å². The van der Waals surface area contributed by atoms with Crippen LogP contribution in [0.1, 0.15) is 43.4 Å². The highest BCUT2D eigenvalue weighted by atomic mass is 15.5. The van der Waals surface area contributed by atoms with Crippen molar-refractivity contribution >= 4 is 0 Å². The van der Waals surface area contributed by atoms with Gasteiger partial charge in [-0.2, -0.15) is 0 Å². The van der Waals surface area contributed by atoms with Gasteiger partial charge in [0.25, 0.3) is 0 Å². The molecular weight excluding hydrogens is 196 g/mol. The molecule has 1 heterocycles. The van der Waals surface area contributed by atoms with Crippen LogP contribution < -0.4 is 5.43 Å². The van der Waals surface area contributed by atoms with Crippen molar-refractivity contribution < 1.29 is 0 Å². The van der Waals surface area contributed by atoms with Crippen LogP contribution in [0.2, 0.25) is 0 Å². The zero-order valence-electron chi connectivity index (χ0n) is 10.4. The Hall–Kier alpha value is -0.860. The lowest BCUT2D eigenvalue weighted by Crippen LogP contribution is -2.34. The number of hydrazine groups is 1. The van der Waals surface area contributed by atoms with Gasteiger partial charge in [0.05, 0.1) is 0 Å². The number of nitrogens with one attached hydrogen (secondary N) is 1. The first-order valence-electron chi connectivity index (χ1n) is 6.38. The van der Waals surface area contributed by atoms with E-state index in [2.05, 4.69) is 41.6 Å². The van der Waals surface area contributed by atoms with Gasteiger partial charge in [-0.05, 0) is 37.4 Å². The molecular formula is C14H22N2. The van der Waals surface area contributed by atoms with Gasteiger partial charge in [-0.15, -0.1) is 0 Å². The molecule has 1 saturated heterocycles. The minimum absolute atomic E-state index is 0.577. The van der Waals surface area contributed by atoms with Crippen molar-refractivity contribution in [2.45, 2.75) is 38.6 Å². The van der Waals surface area contributed by atoms with Gasteiger partial charge in [0.1, 0.15) is 0 Å². The van der Waals surface area contributed by atoms with E-state index in [1.165, 1.54) is 43.4 Å². The van der Waals surface area contributed by atoms with Crippen molar-refractivity contribution in [3.63, 3.8) is 0 Å². The Morgan fingerprint density at radius 2 is 2.19 bits per heavy atom. The first-order chi connectivity index (χ1) is 7.86. The maximum absolute atomic E-state index is 3.32. The molecule has 0 saturated carbocycles. The van der Waals surface area contributed by atoms with E-state index in [1.807, 2.05) is 7.05 Å². The summed E-state index contributed by atoms with van der Waals surface area (Å²) in [6.45, 7) is 3.42. The van der Waals surface area contributed by atoms with Crippen LogP contribution in [0.25, 0.3) is 0 Å². The number of aryl methyl sites for hydroxylation is 1. The molecule has 1 aliphatic heterocycles. The molecule has 1 unspecified atom stereocenters. The predicted octanol–water partition coefficient (Wildman–Crippen LogP) is 2.91. The molecule has 0 spiro atoms. The lowest BCUT2D eigenvalue weighted by molar-refractivity contribution is 0.190. The van der Waals surface area contributed by atoms with Crippen LogP contribution >= 0.6 is 0 Å². The fourth-order valence-corrected chi connectivity index (χ4v) is 2.71. The summed E-state index contributed by atoms with van der Waals surface area (Å²) in [6, 6.07) is 9.48. The molecule has 0 radical (unpaired) electrons. The Morgan fingerprint density at radius 3 is 2.94 bits per heavy atom. The molecule has 1 atom stereocenters. The Labute approximate surface area is 98.6 Å². The Balaban J connectivity index is 2.24. The summed E-state index contributed by atoms with van der Waals surface area (Å²) in [5.41, 5.74) is 6.36. The van der Waals surface area contributed by atoms with Crippen molar-refractivity contribution in [3.05, 3.63) is 35.4 Å². The maximum atomic E-state index is 3.32. The van der Waals surface area contributed by atoms with E-state index in [0.29, 0.717) is 6.04 Å². The van der Waals surface area contributed by atoms with E-state index < -0.39 is 0 Å². The van der Waals surface area contributed by atoms with Crippen molar-refractivity contribution in [1.82, 2.24) is 10.4 Å². The first kappa shape index (κ1) is 11.6. The van der Waals surface area contributed by atoms with Crippen LogP contribution in [0, 0.1) is 0 Å². The quantitative estimate of drug-likeness (QED) is 0.836. The summed E-state index contributed by atoms with van der Waals surface area (Å²) in [5.74, 6) is 0. The number of nitrogens with zero attached hydrogens (tertiary/aromatic N) is 1. The Morgan fingerprint density at radius 1 is 1.38 bits per heavy atom. The molecule has 1 fully saturated rings. The molecule has 2 nitrogen and oxygen atoms in total. The van der Waals surface area contributed by atoms with Crippen molar-refractivity contribution in [2.24, 2.45) is 0 Å². The molecule has 16 heavy (non-hydrogen) atoms. The molecule has 1 aliphatic rings. The number of rotatable bonds is 4. The SMILES string of the molecule is CCCc1ccccc1C1CCCN1NC. The lowest BCUT2D eigenvalue weighted by Gasteiger charge is -2.25. The molecule has 0 aromatic heterocycles. The fourth-order valence-electron chi connectivity index (χ4n) is 2.71. The largest absolute Gasteiger partial charge is 0.258 e. The maximum Gasteiger partial charge on any atom is 0.0496 e. The lowest BCUT2D eigenvalue weighted by atomic mass is 9.96. The Bertz CT molecular complexity index is 335. The van der Waals surface area contributed by atoms with Crippen molar-refractivity contribution in [3.8, 4) is 0 Å². The van der Waals surface area contributed by atoms with Gasteiger partial charge < -0.3 is 0 Å². The van der Waals surface area contributed by atoms with Crippen LogP contribution in [-0.2, 0) is 6.42 Å². The second-order valence-corrected chi connectivity index (χ2v) is 4.52. The summed E-state index contributed by atoms with van der Waals surface area (Å²) in [4.78, 5) is 0. The first-order valence-corrected chi connectivity index (χ1v) is 6.38. The predicted molar refractivity (Wildman–Crippen MR) is 68.2 cm³/mol. The minimum atomic E-state index is 0.577. The fraction of sp³-hybridized carbons (Fsp3) is 0.571. The summed E-state index contributed by atoms with van der Waals surface area (Å²) < 4.78 is 0. The highest BCUT2D eigenvalue weighted by molar-refractivity contribution is 5.30. The molecule has 0 bridgehead atoms. The van der Waals surface area contributed by atoms with Gasteiger partial charge in [-0.3, -0.25) is 5.43 Å². The normalized spacial score (nSPS) is 21.5. The molecule has 88 valence electrons. The molecule has 1 aromatic rings. The molecule has 0 amide bonds. The zero-order valence-corrected chi connectivity index (χ0v) is 10.4. The van der Waals surface area contributed by atoms with Crippen LogP contribution in [0.15, 0.2) is 24.3 Å². The van der Waals surface area contributed by atoms with Crippen LogP contribution in [0.5, 0.6) is 0 Å². The smallest absolute Gasteiger partial charge is 0.0496 e. The number of benzene rings is 1. The van der Waals surface area contributed by atoms with Gasteiger partial charge in [0, 0.05) is 12.6 Å². The van der Waals surface area contributed by atoms with Gasteiger partial charge in [0.2, 0.25) is 0 Å². The number of hydrogen-bond donors (Lipinski definition) is 1. The molecule has 1 aromatic carbocycles. The second kappa shape index (κ2) is 5.46. The van der Waals surface area contributed by atoms with E-state index >= 15 is 0 Å². The second-order valence-electron chi connectivity index (χ2n) is 4.52. The van der Waals surface area contributed by atoms with Gasteiger partial charge in [0.15, 0.2) is 0 Å². The van der Waals surface area contributed by atoms with Gasteiger partial charge in [-0.1, -0.05) is 37.6 Å². The van der Waals surface area contributed by atoms with E-state index in [9.17, 15) is 0 Å². The monoisotopic (exact) mass is 218 g/mol.